The minimum absolute atomic E-state index is 0.0545. The molecule has 132 valence electrons. The van der Waals surface area contributed by atoms with Gasteiger partial charge < -0.3 is 9.80 Å². The van der Waals surface area contributed by atoms with E-state index in [0.29, 0.717) is 13.1 Å². The van der Waals surface area contributed by atoms with Crippen LogP contribution in [0.1, 0.15) is 30.5 Å². The van der Waals surface area contributed by atoms with E-state index in [1.807, 2.05) is 63.2 Å². The molecule has 0 aromatic heterocycles. The van der Waals surface area contributed by atoms with Crippen molar-refractivity contribution in [3.63, 3.8) is 0 Å². The Morgan fingerprint density at radius 2 is 1.56 bits per heavy atom. The molecule has 0 aliphatic rings. The summed E-state index contributed by atoms with van der Waals surface area (Å²) in [5.41, 5.74) is 4.00. The summed E-state index contributed by atoms with van der Waals surface area (Å²) in [5.74, 6) is -0.185. The van der Waals surface area contributed by atoms with Gasteiger partial charge in [-0.2, -0.15) is 0 Å². The second kappa shape index (κ2) is 8.47. The second-order valence-electron chi connectivity index (χ2n) is 6.34. The number of hydrogen-bond donors (Lipinski definition) is 0. The zero-order valence-corrected chi connectivity index (χ0v) is 15.5. The predicted molar refractivity (Wildman–Crippen MR) is 101 cm³/mol. The van der Waals surface area contributed by atoms with Crippen molar-refractivity contribution in [2.45, 2.75) is 34.2 Å². The highest BCUT2D eigenvalue weighted by Crippen LogP contribution is 2.19. The molecule has 0 atom stereocenters. The Balaban J connectivity index is 2.17. The molecule has 0 unspecified atom stereocenters. The maximum absolute atomic E-state index is 12.8. The van der Waals surface area contributed by atoms with Crippen LogP contribution in [-0.2, 0) is 16.1 Å². The van der Waals surface area contributed by atoms with Crippen molar-refractivity contribution >= 4 is 17.5 Å². The number of hydrogen-bond acceptors (Lipinski definition) is 2. The van der Waals surface area contributed by atoms with Crippen LogP contribution in [0, 0.1) is 13.8 Å². The van der Waals surface area contributed by atoms with Crippen molar-refractivity contribution in [2.24, 2.45) is 0 Å². The first kappa shape index (κ1) is 18.7. The quantitative estimate of drug-likeness (QED) is 0.806. The first-order chi connectivity index (χ1) is 11.9. The predicted octanol–water partition coefficient (Wildman–Crippen LogP) is 3.71. The van der Waals surface area contributed by atoms with Gasteiger partial charge in [-0.3, -0.25) is 9.59 Å². The van der Waals surface area contributed by atoms with Gasteiger partial charge in [0.2, 0.25) is 11.8 Å². The van der Waals surface area contributed by atoms with E-state index in [-0.39, 0.29) is 18.4 Å². The standard InChI is InChI=1S/C21H26N2O2/c1-5-22(14-19-9-7-6-8-10-19)21(25)15-23(18(4)24)20-12-16(2)11-17(3)13-20/h6-13H,5,14-15H2,1-4H3. The normalized spacial score (nSPS) is 10.4. The van der Waals surface area contributed by atoms with Gasteiger partial charge in [0.1, 0.15) is 6.54 Å². The van der Waals surface area contributed by atoms with Crippen molar-refractivity contribution in [1.29, 1.82) is 0 Å². The van der Waals surface area contributed by atoms with Crippen molar-refractivity contribution < 1.29 is 9.59 Å². The molecule has 0 spiro atoms. The van der Waals surface area contributed by atoms with Crippen LogP contribution in [0.3, 0.4) is 0 Å². The Bertz CT molecular complexity index is 721. The second-order valence-corrected chi connectivity index (χ2v) is 6.34. The molecule has 0 saturated carbocycles. The van der Waals surface area contributed by atoms with E-state index in [9.17, 15) is 9.59 Å². The third-order valence-corrected chi connectivity index (χ3v) is 4.14. The molecule has 2 amide bonds. The number of rotatable bonds is 6. The fourth-order valence-corrected chi connectivity index (χ4v) is 2.91. The van der Waals surface area contributed by atoms with Crippen LogP contribution in [0.2, 0.25) is 0 Å². The Morgan fingerprint density at radius 3 is 2.08 bits per heavy atom. The zero-order chi connectivity index (χ0) is 18.4. The maximum Gasteiger partial charge on any atom is 0.242 e. The lowest BCUT2D eigenvalue weighted by Gasteiger charge is -2.27. The molecule has 2 rings (SSSR count). The number of likely N-dealkylation sites (N-methyl/N-ethyl adjacent to an activating group) is 1. The van der Waals surface area contributed by atoms with Crippen molar-refractivity contribution in [3.05, 3.63) is 65.2 Å². The van der Waals surface area contributed by atoms with Gasteiger partial charge in [-0.15, -0.1) is 0 Å². The zero-order valence-electron chi connectivity index (χ0n) is 15.5. The van der Waals surface area contributed by atoms with E-state index in [4.69, 9.17) is 0 Å². The van der Waals surface area contributed by atoms with Gasteiger partial charge in [-0.25, -0.2) is 0 Å². The lowest BCUT2D eigenvalue weighted by molar-refractivity contribution is -0.131. The number of amides is 2. The van der Waals surface area contributed by atoms with Crippen molar-refractivity contribution in [1.82, 2.24) is 4.90 Å². The Morgan fingerprint density at radius 1 is 0.960 bits per heavy atom. The molecule has 0 saturated heterocycles. The van der Waals surface area contributed by atoms with E-state index in [2.05, 4.69) is 6.07 Å². The monoisotopic (exact) mass is 338 g/mol. The van der Waals surface area contributed by atoms with Gasteiger partial charge in [0.05, 0.1) is 0 Å². The highest BCUT2D eigenvalue weighted by Gasteiger charge is 2.20. The minimum atomic E-state index is -0.130. The molecule has 0 N–H and O–H groups in total. The minimum Gasteiger partial charge on any atom is -0.337 e. The molecule has 0 fully saturated rings. The molecule has 0 bridgehead atoms. The van der Waals surface area contributed by atoms with E-state index in [1.165, 1.54) is 6.92 Å². The van der Waals surface area contributed by atoms with Gasteiger partial charge in [-0.1, -0.05) is 36.4 Å². The highest BCUT2D eigenvalue weighted by atomic mass is 16.2. The smallest absolute Gasteiger partial charge is 0.242 e. The summed E-state index contributed by atoms with van der Waals surface area (Å²) in [6, 6.07) is 15.8. The Hall–Kier alpha value is -2.62. The summed E-state index contributed by atoms with van der Waals surface area (Å²) < 4.78 is 0. The fourth-order valence-electron chi connectivity index (χ4n) is 2.91. The molecule has 2 aromatic rings. The first-order valence-electron chi connectivity index (χ1n) is 8.58. The molecule has 0 aliphatic carbocycles. The number of nitrogens with zero attached hydrogens (tertiary/aromatic N) is 2. The average molecular weight is 338 g/mol. The van der Waals surface area contributed by atoms with Crippen LogP contribution in [0.5, 0.6) is 0 Å². The van der Waals surface area contributed by atoms with E-state index in [0.717, 1.165) is 22.4 Å². The average Bonchev–Trinajstić information content (AvgIpc) is 2.57. The van der Waals surface area contributed by atoms with Gasteiger partial charge >= 0.3 is 0 Å². The lowest BCUT2D eigenvalue weighted by Crippen LogP contribution is -2.42. The summed E-state index contributed by atoms with van der Waals surface area (Å²) in [5, 5.41) is 0. The number of aryl methyl sites for hydroxylation is 2. The first-order valence-corrected chi connectivity index (χ1v) is 8.58. The van der Waals surface area contributed by atoms with Crippen LogP contribution >= 0.6 is 0 Å². The molecule has 4 heteroatoms. The number of anilines is 1. The molecular formula is C21H26N2O2. The van der Waals surface area contributed by atoms with Crippen LogP contribution in [-0.4, -0.2) is 29.8 Å². The lowest BCUT2D eigenvalue weighted by atomic mass is 10.1. The van der Waals surface area contributed by atoms with Gasteiger partial charge in [0, 0.05) is 25.7 Å². The van der Waals surface area contributed by atoms with Gasteiger partial charge in [-0.05, 0) is 49.6 Å². The number of carbonyl (C=O) groups excluding carboxylic acids is 2. The molecule has 2 aromatic carbocycles. The summed E-state index contributed by atoms with van der Waals surface area (Å²) in [6.45, 7) is 8.64. The molecule has 0 heterocycles. The Kier molecular flexibility index (Phi) is 6.34. The van der Waals surface area contributed by atoms with Crippen LogP contribution in [0.25, 0.3) is 0 Å². The summed E-state index contributed by atoms with van der Waals surface area (Å²) in [7, 11) is 0. The highest BCUT2D eigenvalue weighted by molar-refractivity contribution is 5.97. The van der Waals surface area contributed by atoms with E-state index >= 15 is 0 Å². The molecular weight excluding hydrogens is 312 g/mol. The van der Waals surface area contributed by atoms with Crippen LogP contribution in [0.15, 0.2) is 48.5 Å². The number of benzene rings is 2. The molecule has 4 nitrogen and oxygen atoms in total. The van der Waals surface area contributed by atoms with E-state index in [1.54, 1.807) is 9.80 Å². The third-order valence-electron chi connectivity index (χ3n) is 4.14. The van der Waals surface area contributed by atoms with Crippen molar-refractivity contribution in [2.75, 3.05) is 18.0 Å². The molecule has 25 heavy (non-hydrogen) atoms. The molecule has 0 aliphatic heterocycles. The molecule has 0 radical (unpaired) electrons. The van der Waals surface area contributed by atoms with Crippen LogP contribution < -0.4 is 4.90 Å². The summed E-state index contributed by atoms with van der Waals surface area (Å²) >= 11 is 0. The largest absolute Gasteiger partial charge is 0.337 e. The number of carbonyl (C=O) groups is 2. The van der Waals surface area contributed by atoms with Crippen molar-refractivity contribution in [3.8, 4) is 0 Å². The third kappa shape index (κ3) is 5.18. The maximum atomic E-state index is 12.8. The van der Waals surface area contributed by atoms with E-state index < -0.39 is 0 Å². The van der Waals surface area contributed by atoms with Crippen LogP contribution in [0.4, 0.5) is 5.69 Å². The summed E-state index contributed by atoms with van der Waals surface area (Å²) in [6.07, 6.45) is 0. The van der Waals surface area contributed by atoms with Gasteiger partial charge in [0.15, 0.2) is 0 Å². The SMILES string of the molecule is CCN(Cc1ccccc1)C(=O)CN(C(C)=O)c1cc(C)cc(C)c1. The topological polar surface area (TPSA) is 40.6 Å². The van der Waals surface area contributed by atoms with Gasteiger partial charge in [0.25, 0.3) is 0 Å². The fraction of sp³-hybridized carbons (Fsp3) is 0.333. The summed E-state index contributed by atoms with van der Waals surface area (Å²) in [4.78, 5) is 28.2. The Labute approximate surface area is 150 Å².